The minimum atomic E-state index is -2.81. The monoisotopic (exact) mass is 531 g/mol. The van der Waals surface area contributed by atoms with Gasteiger partial charge < -0.3 is 19.9 Å². The van der Waals surface area contributed by atoms with Gasteiger partial charge in [0.2, 0.25) is 5.91 Å². The second-order valence-corrected chi connectivity index (χ2v) is 10.5. The number of piperidine rings is 2. The molecular weight excluding hydrogens is 492 g/mol. The minimum absolute atomic E-state index is 0.103. The summed E-state index contributed by atoms with van der Waals surface area (Å²) >= 11 is 0. The Morgan fingerprint density at radius 2 is 2.00 bits per heavy atom. The van der Waals surface area contributed by atoms with Crippen LogP contribution in [0.1, 0.15) is 50.1 Å². The number of carbonyl (C=O) groups is 2. The third-order valence-electron chi connectivity index (χ3n) is 8.19. The van der Waals surface area contributed by atoms with E-state index in [1.165, 1.54) is 7.11 Å². The molecule has 2 aliphatic rings. The lowest BCUT2D eigenvalue weighted by Gasteiger charge is -2.41. The van der Waals surface area contributed by atoms with Gasteiger partial charge in [0, 0.05) is 50.7 Å². The molecule has 38 heavy (non-hydrogen) atoms. The number of hydrogen-bond donors (Lipinski definition) is 1. The normalized spacial score (nSPS) is 20.8. The Kier molecular flexibility index (Phi) is 8.57. The van der Waals surface area contributed by atoms with E-state index in [1.807, 2.05) is 25.2 Å². The molecule has 2 aliphatic heterocycles. The third kappa shape index (κ3) is 5.78. The fourth-order valence-electron chi connectivity index (χ4n) is 5.96. The summed E-state index contributed by atoms with van der Waals surface area (Å²) in [6.07, 6.45) is 5.07. The number of amides is 2. The van der Waals surface area contributed by atoms with Crippen molar-refractivity contribution in [1.82, 2.24) is 20.0 Å². The smallest absolute Gasteiger partial charge is 0.409 e. The molecule has 3 heterocycles. The number of alkyl halides is 2. The molecule has 1 N–H and O–H groups in total. The van der Waals surface area contributed by atoms with Crippen LogP contribution in [0.2, 0.25) is 0 Å². The second kappa shape index (κ2) is 11.7. The van der Waals surface area contributed by atoms with E-state index in [1.54, 1.807) is 27.6 Å². The number of ether oxygens (including phenoxy) is 1. The van der Waals surface area contributed by atoms with Gasteiger partial charge in [-0.3, -0.25) is 9.48 Å². The van der Waals surface area contributed by atoms with E-state index in [2.05, 4.69) is 17.0 Å². The molecule has 0 bridgehead atoms. The summed E-state index contributed by atoms with van der Waals surface area (Å²) in [6.45, 7) is 5.11. The molecule has 1 aromatic heterocycles. The van der Waals surface area contributed by atoms with Crippen molar-refractivity contribution in [3.8, 4) is 0 Å². The highest BCUT2D eigenvalue weighted by atomic mass is 19.3. The molecule has 8 nitrogen and oxygen atoms in total. The first kappa shape index (κ1) is 27.9. The molecule has 4 rings (SSSR count). The molecule has 0 radical (unpaired) electrons. The molecule has 2 atom stereocenters. The van der Waals surface area contributed by atoms with Crippen LogP contribution in [0, 0.1) is 11.8 Å². The Hall–Kier alpha value is -3.17. The van der Waals surface area contributed by atoms with Gasteiger partial charge in [-0.2, -0.15) is 5.10 Å². The first-order valence-electron chi connectivity index (χ1n) is 13.4. The van der Waals surface area contributed by atoms with Gasteiger partial charge in [-0.25, -0.2) is 13.6 Å². The average molecular weight is 532 g/mol. The number of halogens is 2. The lowest BCUT2D eigenvalue weighted by atomic mass is 9.81. The molecule has 2 amide bonds. The van der Waals surface area contributed by atoms with Crippen molar-refractivity contribution in [2.75, 3.05) is 45.2 Å². The summed E-state index contributed by atoms with van der Waals surface area (Å²) in [5, 5.41) is 8.23. The van der Waals surface area contributed by atoms with Gasteiger partial charge >= 0.3 is 6.09 Å². The standard InChI is InChI=1S/C28H39F2N5O3/c1-5-6-7-23(26(36)31-2)25-22-9-8-21(17-24(22)33(3)32-25)35-15-12-20(28(29,30)18-35)16-19-10-13-34(14-11-19)27(37)38-4/h5,8-9,17,19-20,23H,1,6-7,10-16,18H2,2-4H3,(H,31,36). The summed E-state index contributed by atoms with van der Waals surface area (Å²) in [5.41, 5.74) is 2.24. The van der Waals surface area contributed by atoms with Crippen LogP contribution in [0.15, 0.2) is 30.9 Å². The summed E-state index contributed by atoms with van der Waals surface area (Å²) in [6, 6.07) is 5.66. The molecule has 0 saturated carbocycles. The number of benzene rings is 1. The van der Waals surface area contributed by atoms with Crippen LogP contribution in [0.25, 0.3) is 10.9 Å². The van der Waals surface area contributed by atoms with Crippen LogP contribution in [0.3, 0.4) is 0 Å². The molecule has 1 aromatic carbocycles. The van der Waals surface area contributed by atoms with Crippen molar-refractivity contribution in [3.63, 3.8) is 0 Å². The zero-order chi connectivity index (χ0) is 27.4. The van der Waals surface area contributed by atoms with Crippen molar-refractivity contribution >= 4 is 28.6 Å². The first-order valence-corrected chi connectivity index (χ1v) is 13.4. The van der Waals surface area contributed by atoms with Crippen LogP contribution >= 0.6 is 0 Å². The Morgan fingerprint density at radius 1 is 1.26 bits per heavy atom. The van der Waals surface area contributed by atoms with E-state index >= 15 is 8.78 Å². The van der Waals surface area contributed by atoms with E-state index in [4.69, 9.17) is 4.74 Å². The topological polar surface area (TPSA) is 79.7 Å². The van der Waals surface area contributed by atoms with E-state index in [-0.39, 0.29) is 24.5 Å². The molecule has 2 saturated heterocycles. The van der Waals surface area contributed by atoms with Crippen molar-refractivity contribution in [2.45, 2.75) is 50.4 Å². The molecule has 0 spiro atoms. The summed E-state index contributed by atoms with van der Waals surface area (Å²) in [4.78, 5) is 27.7. The number of allylic oxidation sites excluding steroid dienone is 1. The van der Waals surface area contributed by atoms with Gasteiger partial charge in [-0.1, -0.05) is 6.08 Å². The number of nitrogens with zero attached hydrogens (tertiary/aromatic N) is 4. The lowest BCUT2D eigenvalue weighted by molar-refractivity contribution is -0.122. The number of hydrogen-bond acceptors (Lipinski definition) is 5. The predicted octanol–water partition coefficient (Wildman–Crippen LogP) is 4.70. The largest absolute Gasteiger partial charge is 0.453 e. The van der Waals surface area contributed by atoms with Crippen molar-refractivity contribution in [1.29, 1.82) is 0 Å². The number of carbonyl (C=O) groups excluding carboxylic acids is 2. The highest BCUT2D eigenvalue weighted by Crippen LogP contribution is 2.41. The van der Waals surface area contributed by atoms with Gasteiger partial charge in [0.15, 0.2) is 0 Å². The summed E-state index contributed by atoms with van der Waals surface area (Å²) in [5.74, 6) is -3.80. The average Bonchev–Trinajstić information content (AvgIpc) is 3.24. The lowest BCUT2D eigenvalue weighted by Crippen LogP contribution is -2.49. The van der Waals surface area contributed by atoms with Crippen LogP contribution in [-0.4, -0.2) is 72.9 Å². The highest BCUT2D eigenvalue weighted by Gasteiger charge is 2.45. The highest BCUT2D eigenvalue weighted by molar-refractivity contribution is 5.92. The molecule has 2 aromatic rings. The van der Waals surface area contributed by atoms with Crippen molar-refractivity contribution < 1.29 is 23.1 Å². The van der Waals surface area contributed by atoms with Crippen LogP contribution in [-0.2, 0) is 16.6 Å². The maximum atomic E-state index is 15.4. The minimum Gasteiger partial charge on any atom is -0.453 e. The number of likely N-dealkylation sites (N-methyl/N-ethyl adjacent to an activating group) is 1. The number of anilines is 1. The summed E-state index contributed by atoms with van der Waals surface area (Å²) < 4.78 is 37.2. The van der Waals surface area contributed by atoms with Crippen LogP contribution in [0.5, 0.6) is 0 Å². The maximum absolute atomic E-state index is 15.4. The number of likely N-dealkylation sites (tertiary alicyclic amines) is 1. The Labute approximate surface area is 223 Å². The fraction of sp³-hybridized carbons (Fsp3) is 0.607. The number of aromatic nitrogens is 2. The van der Waals surface area contributed by atoms with Crippen LogP contribution in [0.4, 0.5) is 19.3 Å². The van der Waals surface area contributed by atoms with Crippen molar-refractivity contribution in [2.24, 2.45) is 18.9 Å². The molecule has 0 aliphatic carbocycles. The van der Waals surface area contributed by atoms with Crippen molar-refractivity contribution in [3.05, 3.63) is 36.5 Å². The Balaban J connectivity index is 1.45. The molecule has 208 valence electrons. The quantitative estimate of drug-likeness (QED) is 0.500. The van der Waals surface area contributed by atoms with E-state index in [0.717, 1.165) is 29.4 Å². The summed E-state index contributed by atoms with van der Waals surface area (Å²) in [7, 11) is 4.79. The van der Waals surface area contributed by atoms with E-state index in [9.17, 15) is 9.59 Å². The second-order valence-electron chi connectivity index (χ2n) is 10.5. The number of rotatable bonds is 8. The third-order valence-corrected chi connectivity index (χ3v) is 8.19. The molecule has 2 fully saturated rings. The first-order chi connectivity index (χ1) is 18.2. The number of aryl methyl sites for hydroxylation is 1. The number of methoxy groups -OCH3 is 1. The van der Waals surface area contributed by atoms with Gasteiger partial charge in [0.05, 0.1) is 30.8 Å². The van der Waals surface area contributed by atoms with E-state index < -0.39 is 17.8 Å². The number of nitrogens with one attached hydrogen (secondary N) is 1. The Bertz CT molecular complexity index is 1160. The fourth-order valence-corrected chi connectivity index (χ4v) is 5.96. The van der Waals surface area contributed by atoms with Gasteiger partial charge in [-0.15, -0.1) is 6.58 Å². The SMILES string of the molecule is C=CCCC(C(=O)NC)c1nn(C)c2cc(N3CCC(CC4CCN(C(=O)OC)CC4)C(F)(F)C3)ccc12. The zero-order valence-corrected chi connectivity index (χ0v) is 22.6. The zero-order valence-electron chi connectivity index (χ0n) is 22.6. The maximum Gasteiger partial charge on any atom is 0.409 e. The van der Waals surface area contributed by atoms with E-state index in [0.29, 0.717) is 51.0 Å². The van der Waals surface area contributed by atoms with Gasteiger partial charge in [0.25, 0.3) is 5.92 Å². The molecule has 10 heteroatoms. The Morgan fingerprint density at radius 3 is 2.63 bits per heavy atom. The van der Waals surface area contributed by atoms with Gasteiger partial charge in [-0.05, 0) is 62.6 Å². The predicted molar refractivity (Wildman–Crippen MR) is 144 cm³/mol. The number of fused-ring (bicyclic) bond motifs is 1. The van der Waals surface area contributed by atoms with Gasteiger partial charge in [0.1, 0.15) is 0 Å². The molecule has 2 unspecified atom stereocenters. The van der Waals surface area contributed by atoms with Crippen LogP contribution < -0.4 is 10.2 Å². The molecular formula is C28H39F2N5O3.